The number of nitrogens with zero attached hydrogens (tertiary/aromatic N) is 3. The monoisotopic (exact) mass is 339 g/mol. The van der Waals surface area contributed by atoms with Crippen LogP contribution in [0.4, 0.5) is 5.69 Å². The molecule has 0 aliphatic heterocycles. The van der Waals surface area contributed by atoms with Crippen LogP contribution in [-0.2, 0) is 22.9 Å². The molecular weight excluding hydrogens is 317 g/mol. The fourth-order valence-electron chi connectivity index (χ4n) is 2.33. The number of hydrogen-bond donors (Lipinski definition) is 0. The summed E-state index contributed by atoms with van der Waals surface area (Å²) in [5.41, 5.74) is 4.66. The van der Waals surface area contributed by atoms with Crippen molar-refractivity contribution in [1.29, 1.82) is 0 Å². The molecule has 0 spiro atoms. The molecule has 0 saturated heterocycles. The average molecular weight is 340 g/mol. The molecule has 0 aliphatic carbocycles. The second-order valence-electron chi connectivity index (χ2n) is 5.81. The molecule has 1 aromatic heterocycles. The van der Waals surface area contributed by atoms with Gasteiger partial charge in [-0.15, -0.1) is 0 Å². The Morgan fingerprint density at radius 3 is 2.18 bits per heavy atom. The van der Waals surface area contributed by atoms with Crippen molar-refractivity contribution in [3.63, 3.8) is 0 Å². The van der Waals surface area contributed by atoms with Gasteiger partial charge in [0.15, 0.2) is 0 Å². The zero-order valence-corrected chi connectivity index (χ0v) is 14.5. The minimum atomic E-state index is 0. The predicted molar refractivity (Wildman–Crippen MR) is 88.5 cm³/mol. The smallest absolute Gasteiger partial charge is 0.0694 e. The quantitative estimate of drug-likeness (QED) is 0.586. The first-order chi connectivity index (χ1) is 10.1. The molecule has 1 aromatic carbocycles. The summed E-state index contributed by atoms with van der Waals surface area (Å²) < 4.78 is 0. The van der Waals surface area contributed by atoms with Gasteiger partial charge in [-0.25, -0.2) is 0 Å². The summed E-state index contributed by atoms with van der Waals surface area (Å²) in [6.07, 6.45) is 7.83. The molecule has 0 atom stereocenters. The van der Waals surface area contributed by atoms with E-state index in [1.54, 1.807) is 18.6 Å². The molecule has 0 aliphatic rings. The first-order valence-electron chi connectivity index (χ1n) is 7.49. The molecule has 3 nitrogen and oxygen atoms in total. The van der Waals surface area contributed by atoms with E-state index in [-0.39, 0.29) is 16.5 Å². The van der Waals surface area contributed by atoms with Crippen molar-refractivity contribution in [1.82, 2.24) is 9.97 Å². The third kappa shape index (κ3) is 4.74. The van der Waals surface area contributed by atoms with E-state index < -0.39 is 0 Å². The normalized spacial score (nSPS) is 11.2. The average Bonchev–Trinajstić information content (AvgIpc) is 2.48. The van der Waals surface area contributed by atoms with E-state index in [0.29, 0.717) is 18.3 Å². The molecule has 0 radical (unpaired) electrons. The maximum Gasteiger partial charge on any atom is 0.0694 e. The number of para-hydroxylation sites is 1. The van der Waals surface area contributed by atoms with Gasteiger partial charge in [0.1, 0.15) is 0 Å². The standard InChI is InChI=1S/C18H23N3.Ni/c1-13(2)16-6-5-7-17(14(3)4)18(16)21-9-8-15-12-19-10-11-20-15;/h5-7,9-14H,8H2,1-4H3;. The second kappa shape index (κ2) is 8.80. The van der Waals surface area contributed by atoms with Gasteiger partial charge >= 0.3 is 0 Å². The van der Waals surface area contributed by atoms with Gasteiger partial charge in [0, 0.05) is 47.7 Å². The van der Waals surface area contributed by atoms with Crippen molar-refractivity contribution in [3.05, 3.63) is 53.6 Å². The Morgan fingerprint density at radius 1 is 1.05 bits per heavy atom. The van der Waals surface area contributed by atoms with Crippen molar-refractivity contribution < 1.29 is 16.5 Å². The number of benzene rings is 1. The van der Waals surface area contributed by atoms with Gasteiger partial charge in [0.25, 0.3) is 0 Å². The van der Waals surface area contributed by atoms with Crippen LogP contribution in [0.1, 0.15) is 56.4 Å². The van der Waals surface area contributed by atoms with Crippen LogP contribution in [0.3, 0.4) is 0 Å². The first kappa shape index (κ1) is 18.5. The maximum absolute atomic E-state index is 4.75. The third-order valence-electron chi connectivity index (χ3n) is 3.48. The van der Waals surface area contributed by atoms with Crippen LogP contribution in [0.15, 0.2) is 41.8 Å². The minimum absolute atomic E-state index is 0. The Kier molecular flexibility index (Phi) is 7.40. The number of rotatable bonds is 5. The van der Waals surface area contributed by atoms with Gasteiger partial charge in [-0.3, -0.25) is 15.0 Å². The molecule has 4 heteroatoms. The Labute approximate surface area is 143 Å². The van der Waals surface area contributed by atoms with Crippen molar-refractivity contribution in [2.75, 3.05) is 0 Å². The largest absolute Gasteiger partial charge is 0.261 e. The minimum Gasteiger partial charge on any atom is -0.261 e. The topological polar surface area (TPSA) is 38.1 Å². The Hall–Kier alpha value is -1.54. The molecule has 1 heterocycles. The number of hydrogen-bond acceptors (Lipinski definition) is 3. The SMILES string of the molecule is CC(C)c1cccc(C(C)C)c1N=CCc1cnccn1.[Ni]. The van der Waals surface area contributed by atoms with Crippen LogP contribution >= 0.6 is 0 Å². The molecule has 22 heavy (non-hydrogen) atoms. The molecule has 0 unspecified atom stereocenters. The number of aliphatic imine (C=N–C) groups is 1. The Balaban J connectivity index is 0.00000242. The van der Waals surface area contributed by atoms with Crippen LogP contribution in [-0.4, -0.2) is 16.2 Å². The fourth-order valence-corrected chi connectivity index (χ4v) is 2.33. The first-order valence-corrected chi connectivity index (χ1v) is 7.49. The third-order valence-corrected chi connectivity index (χ3v) is 3.48. The molecule has 120 valence electrons. The van der Waals surface area contributed by atoms with Crippen LogP contribution in [0, 0.1) is 0 Å². The van der Waals surface area contributed by atoms with E-state index in [9.17, 15) is 0 Å². The van der Waals surface area contributed by atoms with E-state index in [1.807, 2.05) is 6.21 Å². The van der Waals surface area contributed by atoms with E-state index >= 15 is 0 Å². The van der Waals surface area contributed by atoms with Gasteiger partial charge < -0.3 is 0 Å². The maximum atomic E-state index is 4.75. The van der Waals surface area contributed by atoms with Gasteiger partial charge in [0.2, 0.25) is 0 Å². The van der Waals surface area contributed by atoms with Crippen LogP contribution in [0.25, 0.3) is 0 Å². The Morgan fingerprint density at radius 2 is 1.68 bits per heavy atom. The zero-order valence-electron chi connectivity index (χ0n) is 13.6. The van der Waals surface area contributed by atoms with Crippen LogP contribution in [0.5, 0.6) is 0 Å². The zero-order chi connectivity index (χ0) is 15.2. The summed E-state index contributed by atoms with van der Waals surface area (Å²) in [7, 11) is 0. The van der Waals surface area contributed by atoms with E-state index in [4.69, 9.17) is 4.99 Å². The molecule has 0 N–H and O–H groups in total. The van der Waals surface area contributed by atoms with Crippen molar-refractivity contribution in [2.45, 2.75) is 46.0 Å². The van der Waals surface area contributed by atoms with E-state index in [0.717, 1.165) is 11.4 Å². The summed E-state index contributed by atoms with van der Waals surface area (Å²) in [4.78, 5) is 13.1. The summed E-state index contributed by atoms with van der Waals surface area (Å²) in [5.74, 6) is 0.930. The molecular formula is C18H23N3Ni. The molecule has 0 fully saturated rings. The van der Waals surface area contributed by atoms with E-state index in [1.165, 1.54) is 11.1 Å². The van der Waals surface area contributed by atoms with Crippen molar-refractivity contribution in [3.8, 4) is 0 Å². The number of aromatic nitrogens is 2. The van der Waals surface area contributed by atoms with Gasteiger partial charge in [0.05, 0.1) is 11.4 Å². The van der Waals surface area contributed by atoms with Crippen molar-refractivity contribution in [2.24, 2.45) is 4.99 Å². The van der Waals surface area contributed by atoms with Crippen LogP contribution < -0.4 is 0 Å². The molecule has 0 bridgehead atoms. The van der Waals surface area contributed by atoms with E-state index in [2.05, 4.69) is 55.9 Å². The summed E-state index contributed by atoms with van der Waals surface area (Å²) in [6.45, 7) is 8.84. The summed E-state index contributed by atoms with van der Waals surface area (Å²) in [6, 6.07) is 6.48. The predicted octanol–water partition coefficient (Wildman–Crippen LogP) is 4.67. The fraction of sp³-hybridized carbons (Fsp3) is 0.389. The van der Waals surface area contributed by atoms with Gasteiger partial charge in [-0.05, 0) is 23.0 Å². The van der Waals surface area contributed by atoms with Gasteiger partial charge in [-0.2, -0.15) is 0 Å². The molecule has 0 amide bonds. The summed E-state index contributed by atoms with van der Waals surface area (Å²) >= 11 is 0. The Bertz CT molecular complexity index is 581. The molecule has 0 saturated carbocycles. The summed E-state index contributed by atoms with van der Waals surface area (Å²) in [5, 5.41) is 0. The van der Waals surface area contributed by atoms with Gasteiger partial charge in [-0.1, -0.05) is 45.9 Å². The van der Waals surface area contributed by atoms with Crippen LogP contribution in [0.2, 0.25) is 0 Å². The molecule has 2 aromatic rings. The second-order valence-corrected chi connectivity index (χ2v) is 5.81. The molecule has 2 rings (SSSR count). The van der Waals surface area contributed by atoms with Crippen molar-refractivity contribution >= 4 is 11.9 Å².